The van der Waals surface area contributed by atoms with Crippen LogP contribution in [0.4, 0.5) is 0 Å². The highest BCUT2D eigenvalue weighted by molar-refractivity contribution is 6.74. The molecule has 1 aliphatic heterocycles. The number of carbonyl (C=O) groups excluding carboxylic acids is 1. The summed E-state index contributed by atoms with van der Waals surface area (Å²) in [5.74, 6) is -0.384. The van der Waals surface area contributed by atoms with Gasteiger partial charge in [0.1, 0.15) is 18.2 Å². The number of ketones is 1. The lowest BCUT2D eigenvalue weighted by atomic mass is 9.87. The normalized spacial score (nSPS) is 25.9. The SMILES string of the molecule is CC1(C)O[C@H](CO)[C@H](N(Cc2ccccc2)O[Si](C)(C)C(C)(C)C)C(=O)[C@H]1O. The van der Waals surface area contributed by atoms with E-state index in [4.69, 9.17) is 9.26 Å². The number of hydrogen-bond acceptors (Lipinski definition) is 6. The molecule has 0 saturated carbocycles. The van der Waals surface area contributed by atoms with Gasteiger partial charge in [0.15, 0.2) is 5.78 Å². The van der Waals surface area contributed by atoms with E-state index in [1.54, 1.807) is 18.9 Å². The van der Waals surface area contributed by atoms with Gasteiger partial charge in [0.05, 0.1) is 12.2 Å². The van der Waals surface area contributed by atoms with Gasteiger partial charge in [-0.05, 0) is 37.5 Å². The molecule has 1 aromatic carbocycles. The number of nitrogens with zero attached hydrogens (tertiary/aromatic N) is 1. The van der Waals surface area contributed by atoms with E-state index in [1.807, 2.05) is 30.3 Å². The molecular weight excluding hydrogens is 374 g/mol. The molecule has 1 aromatic rings. The van der Waals surface area contributed by atoms with Gasteiger partial charge in [0.2, 0.25) is 8.32 Å². The smallest absolute Gasteiger partial charge is 0.220 e. The van der Waals surface area contributed by atoms with Crippen molar-refractivity contribution < 1.29 is 24.3 Å². The summed E-state index contributed by atoms with van der Waals surface area (Å²) in [6.07, 6.45) is -2.07. The summed E-state index contributed by atoms with van der Waals surface area (Å²) < 4.78 is 12.4. The first-order valence-corrected chi connectivity index (χ1v) is 12.7. The van der Waals surface area contributed by atoms with Crippen LogP contribution in [0.1, 0.15) is 40.2 Å². The Morgan fingerprint density at radius 2 is 1.79 bits per heavy atom. The van der Waals surface area contributed by atoms with Gasteiger partial charge >= 0.3 is 0 Å². The maximum Gasteiger partial charge on any atom is 0.220 e. The minimum absolute atomic E-state index is 0.0763. The number of rotatable bonds is 6. The van der Waals surface area contributed by atoms with Crippen molar-refractivity contribution in [3.8, 4) is 0 Å². The number of aliphatic hydroxyl groups excluding tert-OH is 2. The number of Topliss-reactive ketones (excluding diaryl/α,β-unsaturated/α-hetero) is 1. The van der Waals surface area contributed by atoms with E-state index >= 15 is 0 Å². The Hall–Kier alpha value is -1.09. The van der Waals surface area contributed by atoms with Crippen molar-refractivity contribution in [1.82, 2.24) is 5.06 Å². The second kappa shape index (κ2) is 8.34. The molecule has 0 unspecified atom stereocenters. The predicted molar refractivity (Wildman–Crippen MR) is 111 cm³/mol. The molecule has 6 nitrogen and oxygen atoms in total. The van der Waals surface area contributed by atoms with E-state index in [2.05, 4.69) is 33.9 Å². The van der Waals surface area contributed by atoms with E-state index in [9.17, 15) is 15.0 Å². The van der Waals surface area contributed by atoms with E-state index in [1.165, 1.54) is 0 Å². The average molecular weight is 410 g/mol. The Balaban J connectivity index is 2.43. The number of carbonyl (C=O) groups is 1. The molecule has 1 fully saturated rings. The number of benzene rings is 1. The van der Waals surface area contributed by atoms with E-state index in [0.717, 1.165) is 5.56 Å². The van der Waals surface area contributed by atoms with Crippen LogP contribution in [0.2, 0.25) is 18.1 Å². The average Bonchev–Trinajstić information content (AvgIpc) is 2.58. The second-order valence-electron chi connectivity index (χ2n) is 9.60. The zero-order chi connectivity index (χ0) is 21.3. The van der Waals surface area contributed by atoms with Crippen LogP contribution in [0.25, 0.3) is 0 Å². The molecule has 2 rings (SSSR count). The minimum Gasteiger partial charge on any atom is -0.394 e. The zero-order valence-electron chi connectivity index (χ0n) is 18.1. The lowest BCUT2D eigenvalue weighted by molar-refractivity contribution is -0.235. The fourth-order valence-electron chi connectivity index (χ4n) is 3.05. The first kappa shape index (κ1) is 23.2. The molecule has 28 heavy (non-hydrogen) atoms. The largest absolute Gasteiger partial charge is 0.394 e. The maximum atomic E-state index is 13.1. The van der Waals surface area contributed by atoms with Crippen LogP contribution in [-0.2, 0) is 20.6 Å². The molecule has 1 saturated heterocycles. The number of hydroxylamine groups is 2. The van der Waals surface area contributed by atoms with Crippen molar-refractivity contribution in [3.05, 3.63) is 35.9 Å². The molecule has 7 heteroatoms. The Morgan fingerprint density at radius 1 is 1.21 bits per heavy atom. The molecule has 0 amide bonds. The molecule has 0 aromatic heterocycles. The van der Waals surface area contributed by atoms with Gasteiger partial charge in [0.25, 0.3) is 0 Å². The summed E-state index contributed by atoms with van der Waals surface area (Å²) in [7, 11) is -2.28. The first-order chi connectivity index (χ1) is 12.8. The van der Waals surface area contributed by atoms with Crippen LogP contribution in [0.15, 0.2) is 30.3 Å². The lowest BCUT2D eigenvalue weighted by Gasteiger charge is -2.48. The molecule has 1 heterocycles. The maximum absolute atomic E-state index is 13.1. The second-order valence-corrected chi connectivity index (χ2v) is 14.3. The highest BCUT2D eigenvalue weighted by Crippen LogP contribution is 2.39. The molecule has 1 aliphatic rings. The van der Waals surface area contributed by atoms with Crippen LogP contribution < -0.4 is 0 Å². The summed E-state index contributed by atoms with van der Waals surface area (Å²) in [4.78, 5) is 13.1. The Morgan fingerprint density at radius 3 is 2.29 bits per heavy atom. The van der Waals surface area contributed by atoms with E-state index < -0.39 is 32.2 Å². The van der Waals surface area contributed by atoms with Crippen LogP contribution in [0, 0.1) is 0 Å². The third kappa shape index (κ3) is 4.90. The Kier molecular flexibility index (Phi) is 6.90. The third-order valence-corrected chi connectivity index (χ3v) is 10.2. The van der Waals surface area contributed by atoms with Crippen LogP contribution in [0.5, 0.6) is 0 Å². The van der Waals surface area contributed by atoms with Crippen molar-refractivity contribution in [1.29, 1.82) is 0 Å². The number of ether oxygens (including phenoxy) is 1. The Labute approximate surface area is 169 Å². The quantitative estimate of drug-likeness (QED) is 0.556. The van der Waals surface area contributed by atoms with Gasteiger partial charge in [-0.15, -0.1) is 0 Å². The van der Waals surface area contributed by atoms with Gasteiger partial charge in [-0.2, -0.15) is 5.06 Å². The highest BCUT2D eigenvalue weighted by Gasteiger charge is 2.52. The molecule has 3 atom stereocenters. The summed E-state index contributed by atoms with van der Waals surface area (Å²) in [5, 5.41) is 22.0. The van der Waals surface area contributed by atoms with Crippen molar-refractivity contribution >= 4 is 14.1 Å². The van der Waals surface area contributed by atoms with Crippen molar-refractivity contribution in [2.75, 3.05) is 6.61 Å². The number of hydrogen-bond donors (Lipinski definition) is 2. The Bertz CT molecular complexity index is 671. The fourth-order valence-corrected chi connectivity index (χ4v) is 4.09. The van der Waals surface area contributed by atoms with Crippen molar-refractivity contribution in [2.24, 2.45) is 0 Å². The van der Waals surface area contributed by atoms with Crippen LogP contribution in [0.3, 0.4) is 0 Å². The summed E-state index contributed by atoms with van der Waals surface area (Å²) in [6.45, 7) is 13.9. The lowest BCUT2D eigenvalue weighted by Crippen LogP contribution is -2.66. The van der Waals surface area contributed by atoms with Gasteiger partial charge in [-0.25, -0.2) is 0 Å². The molecule has 0 aliphatic carbocycles. The van der Waals surface area contributed by atoms with Crippen molar-refractivity contribution in [2.45, 2.75) is 83.1 Å². The van der Waals surface area contributed by atoms with Gasteiger partial charge in [-0.3, -0.25) is 4.79 Å². The molecular formula is C21H35NO5Si. The third-order valence-electron chi connectivity index (χ3n) is 5.85. The van der Waals surface area contributed by atoms with E-state index in [-0.39, 0.29) is 17.4 Å². The topological polar surface area (TPSA) is 79.2 Å². The highest BCUT2D eigenvalue weighted by atomic mass is 28.4. The molecule has 0 bridgehead atoms. The zero-order valence-corrected chi connectivity index (χ0v) is 19.1. The number of aliphatic hydroxyl groups is 2. The van der Waals surface area contributed by atoms with Gasteiger partial charge in [0, 0.05) is 6.54 Å². The fraction of sp³-hybridized carbons (Fsp3) is 0.667. The summed E-state index contributed by atoms with van der Waals surface area (Å²) in [5.41, 5.74) is -0.0823. The van der Waals surface area contributed by atoms with Crippen molar-refractivity contribution in [3.63, 3.8) is 0 Å². The summed E-state index contributed by atoms with van der Waals surface area (Å²) >= 11 is 0. The van der Waals surface area contributed by atoms with E-state index in [0.29, 0.717) is 6.54 Å². The van der Waals surface area contributed by atoms with Gasteiger partial charge in [-0.1, -0.05) is 51.1 Å². The standard InChI is InChI=1S/C21H35NO5Si/c1-20(2,3)28(6,7)27-22(13-15-11-9-8-10-12-15)17-16(14-23)26-21(4,5)19(25)18(17)24/h8-12,16-17,19,23,25H,13-14H2,1-7H3/t16-,17+,19-/m1/s1. The molecule has 0 spiro atoms. The summed E-state index contributed by atoms with van der Waals surface area (Å²) in [6, 6.07) is 8.83. The van der Waals surface area contributed by atoms with Crippen LogP contribution >= 0.6 is 0 Å². The van der Waals surface area contributed by atoms with Gasteiger partial charge < -0.3 is 19.5 Å². The molecule has 158 valence electrons. The predicted octanol–water partition coefficient (Wildman–Crippen LogP) is 2.89. The first-order valence-electron chi connectivity index (χ1n) is 9.80. The molecule has 2 N–H and O–H groups in total. The minimum atomic E-state index is -2.28. The molecule has 0 radical (unpaired) electrons. The monoisotopic (exact) mass is 409 g/mol. The van der Waals surface area contributed by atoms with Crippen LogP contribution in [-0.4, -0.2) is 59.8 Å².